The number of aromatic nitrogens is 2. The molecule has 0 radical (unpaired) electrons. The fourth-order valence-corrected chi connectivity index (χ4v) is 2.03. The number of aromatic amines is 2. The van der Waals surface area contributed by atoms with E-state index < -0.39 is 10.2 Å². The zero-order valence-electron chi connectivity index (χ0n) is 11.9. The van der Waals surface area contributed by atoms with E-state index in [0.717, 1.165) is 16.9 Å². The molecule has 23 heavy (non-hydrogen) atoms. The van der Waals surface area contributed by atoms with E-state index in [1.807, 2.05) is 36.4 Å². The number of halogens is 1. The van der Waals surface area contributed by atoms with Gasteiger partial charge in [-0.3, -0.25) is 0 Å². The molecule has 0 bridgehead atoms. The van der Waals surface area contributed by atoms with Gasteiger partial charge < -0.3 is 9.84 Å². The van der Waals surface area contributed by atoms with Crippen LogP contribution in [-0.4, -0.2) is 17.2 Å². The number of aromatic hydroxyl groups is 1. The summed E-state index contributed by atoms with van der Waals surface area (Å²) in [6.07, 6.45) is 0. The molecule has 0 atom stereocenters. The number of methoxy groups -OCH3 is 1. The Balaban J connectivity index is 0.000000338. The quantitative estimate of drug-likeness (QED) is 0.531. The van der Waals surface area contributed by atoms with Crippen LogP contribution in [0.5, 0.6) is 11.5 Å². The van der Waals surface area contributed by atoms with Gasteiger partial charge in [0.1, 0.15) is 5.56 Å². The minimum Gasteiger partial charge on any atom is -0.504 e. The number of benzene rings is 2. The highest BCUT2D eigenvalue weighted by atomic mass is 35.7. The Hall–Kier alpha value is -2.36. The molecule has 2 aromatic carbocycles. The molecule has 1 heterocycles. The third kappa shape index (κ3) is 4.55. The number of H-pyrrole nitrogens is 2. The maximum absolute atomic E-state index is 10.1. The molecular weight excluding hydrogens is 328 g/mol. The molecule has 8 nitrogen and oxygen atoms in total. The average molecular weight is 341 g/mol. The molecule has 3 aromatic rings. The summed E-state index contributed by atoms with van der Waals surface area (Å²) in [6.45, 7) is 0. The molecule has 0 saturated carbocycles. The van der Waals surface area contributed by atoms with Gasteiger partial charge in [0.15, 0.2) is 22.5 Å². The molecule has 122 valence electrons. The lowest BCUT2D eigenvalue weighted by Gasteiger charge is -2.17. The van der Waals surface area contributed by atoms with E-state index in [-0.39, 0.29) is 5.75 Å². The van der Waals surface area contributed by atoms with Crippen molar-refractivity contribution in [2.75, 3.05) is 7.11 Å². The lowest BCUT2D eigenvalue weighted by atomic mass is 10.2. The standard InChI is InChI=1S/C14H12N2O2.ClHO4/c1-18-12-8-4-5-9(13(12)17)14-15-10-6-2-3-7-11(10)16-14;2-1(3,4)5/h2-8,17H,1H3,(H,15,16);(H,2,3,4,5). The number of hydrogen-bond donors (Lipinski definition) is 2. The predicted molar refractivity (Wildman–Crippen MR) is 68.5 cm³/mol. The molecular formula is C14H13ClN2O6. The van der Waals surface area contributed by atoms with E-state index in [4.69, 9.17) is 23.4 Å². The second-order valence-electron chi connectivity index (χ2n) is 4.40. The highest BCUT2D eigenvalue weighted by molar-refractivity contribution is 5.76. The third-order valence-corrected chi connectivity index (χ3v) is 2.93. The molecule has 0 saturated heterocycles. The zero-order valence-corrected chi connectivity index (χ0v) is 12.7. The highest BCUT2D eigenvalue weighted by Crippen LogP contribution is 2.34. The fraction of sp³-hybridized carbons (Fsp3) is 0.0714. The van der Waals surface area contributed by atoms with Crippen molar-refractivity contribution in [1.29, 1.82) is 0 Å². The smallest absolute Gasteiger partial charge is 0.289 e. The summed E-state index contributed by atoms with van der Waals surface area (Å²) in [5.41, 5.74) is 2.68. The zero-order chi connectivity index (χ0) is 17.0. The topological polar surface area (TPSA) is 152 Å². The number of ether oxygens (including phenoxy) is 1. The molecule has 0 aliphatic rings. The minimum absolute atomic E-state index is 0.128. The van der Waals surface area contributed by atoms with Crippen molar-refractivity contribution in [1.82, 2.24) is 4.98 Å². The molecule has 3 rings (SSSR count). The van der Waals surface area contributed by atoms with E-state index in [0.29, 0.717) is 11.3 Å². The number of fused-ring (bicyclic) bond motifs is 1. The third-order valence-electron chi connectivity index (χ3n) is 2.93. The minimum atomic E-state index is -4.94. The van der Waals surface area contributed by atoms with Crippen LogP contribution in [0.3, 0.4) is 0 Å². The number of phenols is 1. The first-order valence-electron chi connectivity index (χ1n) is 6.27. The van der Waals surface area contributed by atoms with Crippen LogP contribution in [0.15, 0.2) is 42.5 Å². The second-order valence-corrected chi connectivity index (χ2v) is 5.16. The Morgan fingerprint density at radius 3 is 2.30 bits per heavy atom. The van der Waals surface area contributed by atoms with E-state index in [1.54, 1.807) is 6.07 Å². The largest absolute Gasteiger partial charge is 0.504 e. The van der Waals surface area contributed by atoms with Crippen LogP contribution < -0.4 is 28.4 Å². The number of imidazole rings is 1. The van der Waals surface area contributed by atoms with Gasteiger partial charge in [-0.05, 0) is 24.3 Å². The molecule has 9 heteroatoms. The summed E-state index contributed by atoms with van der Waals surface area (Å²) < 4.78 is 39.1. The number of rotatable bonds is 2. The van der Waals surface area contributed by atoms with Gasteiger partial charge in [-0.25, -0.2) is 28.6 Å². The van der Waals surface area contributed by atoms with Crippen molar-refractivity contribution in [2.45, 2.75) is 0 Å². The molecule has 0 unspecified atom stereocenters. The number of nitrogens with one attached hydrogen (secondary N) is 2. The lowest BCUT2D eigenvalue weighted by Crippen LogP contribution is -2.68. The first kappa shape index (κ1) is 17.0. The molecule has 0 aliphatic carbocycles. The van der Waals surface area contributed by atoms with Crippen molar-refractivity contribution in [3.05, 3.63) is 42.5 Å². The van der Waals surface area contributed by atoms with Gasteiger partial charge >= 0.3 is 0 Å². The highest BCUT2D eigenvalue weighted by Gasteiger charge is 2.17. The number of para-hydroxylation sites is 3. The molecule has 0 fully saturated rings. The van der Waals surface area contributed by atoms with Gasteiger partial charge in [0, 0.05) is 0 Å². The average Bonchev–Trinajstić information content (AvgIpc) is 2.89. The fourth-order valence-electron chi connectivity index (χ4n) is 2.03. The van der Waals surface area contributed by atoms with Gasteiger partial charge in [-0.15, -0.1) is 10.2 Å². The van der Waals surface area contributed by atoms with Crippen LogP contribution in [0, 0.1) is 10.2 Å². The van der Waals surface area contributed by atoms with Gasteiger partial charge in [0.05, 0.1) is 7.11 Å². The predicted octanol–water partition coefficient (Wildman–Crippen LogP) is -2.39. The normalized spacial score (nSPS) is 11.0. The van der Waals surface area contributed by atoms with Crippen LogP contribution in [0.2, 0.25) is 0 Å². The van der Waals surface area contributed by atoms with Gasteiger partial charge in [-0.2, -0.15) is 0 Å². The Bertz CT molecular complexity index is 760. The van der Waals surface area contributed by atoms with E-state index in [9.17, 15) is 5.11 Å². The molecule has 1 aromatic heterocycles. The van der Waals surface area contributed by atoms with Gasteiger partial charge in [-0.1, -0.05) is 18.2 Å². The first-order valence-corrected chi connectivity index (χ1v) is 7.51. The number of hydrogen-bond acceptors (Lipinski definition) is 6. The first-order chi connectivity index (χ1) is 10.8. The van der Waals surface area contributed by atoms with E-state index in [2.05, 4.69) is 9.97 Å². The lowest BCUT2D eigenvalue weighted by molar-refractivity contribution is -2.00. The summed E-state index contributed by atoms with van der Waals surface area (Å²) in [5, 5.41) is 10.1. The molecule has 0 amide bonds. The van der Waals surface area contributed by atoms with E-state index >= 15 is 0 Å². The van der Waals surface area contributed by atoms with Crippen LogP contribution in [0.25, 0.3) is 22.4 Å². The van der Waals surface area contributed by atoms with Crippen molar-refractivity contribution in [3.63, 3.8) is 0 Å². The van der Waals surface area contributed by atoms with Crippen molar-refractivity contribution in [3.8, 4) is 22.9 Å². The Kier molecular flexibility index (Phi) is 5.04. The van der Waals surface area contributed by atoms with Crippen LogP contribution in [0.1, 0.15) is 0 Å². The van der Waals surface area contributed by atoms with Gasteiger partial charge in [0.2, 0.25) is 0 Å². The van der Waals surface area contributed by atoms with Crippen LogP contribution >= 0.6 is 0 Å². The molecule has 3 N–H and O–H groups in total. The summed E-state index contributed by atoms with van der Waals surface area (Å²) in [5.74, 6) is 1.34. The second kappa shape index (κ2) is 6.82. The molecule has 0 spiro atoms. The molecule has 0 aliphatic heterocycles. The van der Waals surface area contributed by atoms with Crippen molar-refractivity contribution >= 4 is 11.0 Å². The van der Waals surface area contributed by atoms with Crippen LogP contribution in [0.4, 0.5) is 0 Å². The Labute approximate surface area is 133 Å². The number of phenolic OH excluding ortho intramolecular Hbond substituents is 1. The summed E-state index contributed by atoms with van der Waals surface area (Å²) in [4.78, 5) is 6.47. The SMILES string of the molecule is COc1cccc(-c2[nH]c3ccccc3[nH+]2)c1O.[O-][Cl+3]([O-])([O-])[O-]. The van der Waals surface area contributed by atoms with Crippen LogP contribution in [-0.2, 0) is 0 Å². The maximum Gasteiger partial charge on any atom is 0.289 e. The summed E-state index contributed by atoms with van der Waals surface area (Å²) in [6, 6.07) is 13.3. The van der Waals surface area contributed by atoms with Crippen molar-refractivity contribution < 1.29 is 43.7 Å². The van der Waals surface area contributed by atoms with E-state index in [1.165, 1.54) is 7.11 Å². The summed E-state index contributed by atoms with van der Waals surface area (Å²) >= 11 is 0. The van der Waals surface area contributed by atoms with Gasteiger partial charge in [0.25, 0.3) is 5.82 Å². The summed E-state index contributed by atoms with van der Waals surface area (Å²) in [7, 11) is -3.41. The Morgan fingerprint density at radius 2 is 1.70 bits per heavy atom. The Morgan fingerprint density at radius 1 is 1.04 bits per heavy atom. The maximum atomic E-state index is 10.1. The monoisotopic (exact) mass is 340 g/mol. The van der Waals surface area contributed by atoms with Crippen molar-refractivity contribution in [2.24, 2.45) is 0 Å².